The van der Waals surface area contributed by atoms with Gasteiger partial charge >= 0.3 is 6.03 Å². The molecule has 7 heteroatoms. The van der Waals surface area contributed by atoms with Gasteiger partial charge in [-0.2, -0.15) is 0 Å². The molecule has 0 radical (unpaired) electrons. The van der Waals surface area contributed by atoms with E-state index < -0.39 is 0 Å². The molecule has 0 spiro atoms. The standard InChI is InChI=1S/C18H19N5OS/c24-18(22-16-3-1-2-13-12-19-7-4-15(13)16)23-9-5-14(6-10-23)21-17-20-8-11-25-17/h1-4,7-8,11-12,14H,5-6,9-10H2,(H,20,21)(H,22,24). The molecule has 0 unspecified atom stereocenters. The van der Waals surface area contributed by atoms with Crippen molar-refractivity contribution in [3.05, 3.63) is 48.2 Å². The van der Waals surface area contributed by atoms with E-state index >= 15 is 0 Å². The largest absolute Gasteiger partial charge is 0.359 e. The molecule has 1 aliphatic rings. The van der Waals surface area contributed by atoms with Crippen LogP contribution in [-0.2, 0) is 0 Å². The number of pyridine rings is 1. The van der Waals surface area contributed by atoms with Crippen molar-refractivity contribution >= 4 is 39.0 Å². The van der Waals surface area contributed by atoms with Gasteiger partial charge < -0.3 is 15.5 Å². The number of fused-ring (bicyclic) bond motifs is 1. The zero-order valence-electron chi connectivity index (χ0n) is 13.7. The van der Waals surface area contributed by atoms with Crippen LogP contribution in [0.15, 0.2) is 48.2 Å². The average Bonchev–Trinajstić information content (AvgIpc) is 3.16. The highest BCUT2D eigenvalue weighted by Gasteiger charge is 2.23. The monoisotopic (exact) mass is 353 g/mol. The topological polar surface area (TPSA) is 70.2 Å². The number of thiazole rings is 1. The van der Waals surface area contributed by atoms with Gasteiger partial charge in [0.2, 0.25) is 0 Å². The smallest absolute Gasteiger partial charge is 0.321 e. The Morgan fingerprint density at radius 1 is 1.20 bits per heavy atom. The van der Waals surface area contributed by atoms with Crippen LogP contribution >= 0.6 is 11.3 Å². The normalized spacial score (nSPS) is 15.3. The lowest BCUT2D eigenvalue weighted by molar-refractivity contribution is 0.197. The van der Waals surface area contributed by atoms with Crippen LogP contribution in [0.4, 0.5) is 15.6 Å². The van der Waals surface area contributed by atoms with Crippen molar-refractivity contribution in [2.24, 2.45) is 0 Å². The Morgan fingerprint density at radius 2 is 2.08 bits per heavy atom. The van der Waals surface area contributed by atoms with E-state index in [1.54, 1.807) is 29.9 Å². The quantitative estimate of drug-likeness (QED) is 0.751. The highest BCUT2D eigenvalue weighted by Crippen LogP contribution is 2.23. The molecule has 1 aromatic carbocycles. The Kier molecular flexibility index (Phi) is 4.47. The fourth-order valence-electron chi connectivity index (χ4n) is 3.12. The van der Waals surface area contributed by atoms with Gasteiger partial charge in [0.1, 0.15) is 0 Å². The van der Waals surface area contributed by atoms with Crippen LogP contribution < -0.4 is 10.6 Å². The number of likely N-dealkylation sites (tertiary alicyclic amines) is 1. The number of carbonyl (C=O) groups excluding carboxylic acids is 1. The molecular formula is C18H19N5OS. The van der Waals surface area contributed by atoms with Crippen LogP contribution in [-0.4, -0.2) is 40.0 Å². The molecule has 0 atom stereocenters. The van der Waals surface area contributed by atoms with Crippen LogP contribution in [0, 0.1) is 0 Å². The van der Waals surface area contributed by atoms with Crippen LogP contribution in [0.25, 0.3) is 10.8 Å². The molecular weight excluding hydrogens is 334 g/mol. The first-order valence-corrected chi connectivity index (χ1v) is 9.22. The van der Waals surface area contributed by atoms with Crippen molar-refractivity contribution in [2.75, 3.05) is 23.7 Å². The summed E-state index contributed by atoms with van der Waals surface area (Å²) in [4.78, 5) is 22.9. The number of anilines is 2. The molecule has 0 saturated carbocycles. The molecule has 2 N–H and O–H groups in total. The molecule has 3 heterocycles. The summed E-state index contributed by atoms with van der Waals surface area (Å²) >= 11 is 1.61. The zero-order valence-corrected chi connectivity index (χ0v) is 14.5. The van der Waals surface area contributed by atoms with Gasteiger partial charge in [0.25, 0.3) is 0 Å². The second-order valence-electron chi connectivity index (χ2n) is 6.08. The molecule has 128 valence electrons. The predicted octanol–water partition coefficient (Wildman–Crippen LogP) is 3.80. The van der Waals surface area contributed by atoms with E-state index in [4.69, 9.17) is 0 Å². The number of hydrogen-bond donors (Lipinski definition) is 2. The van der Waals surface area contributed by atoms with E-state index in [0.717, 1.165) is 47.5 Å². The van der Waals surface area contributed by atoms with Gasteiger partial charge in [-0.05, 0) is 25.0 Å². The fraction of sp³-hybridized carbons (Fsp3) is 0.278. The van der Waals surface area contributed by atoms with Gasteiger partial charge in [-0.25, -0.2) is 9.78 Å². The van der Waals surface area contributed by atoms with E-state index in [2.05, 4.69) is 20.6 Å². The van der Waals surface area contributed by atoms with E-state index in [1.807, 2.05) is 34.5 Å². The number of nitrogens with zero attached hydrogens (tertiary/aromatic N) is 3. The number of hydrogen-bond acceptors (Lipinski definition) is 5. The molecule has 3 aromatic rings. The number of piperidine rings is 1. The summed E-state index contributed by atoms with van der Waals surface area (Å²) in [5.41, 5.74) is 0.827. The van der Waals surface area contributed by atoms with Gasteiger partial charge in [-0.1, -0.05) is 12.1 Å². The minimum absolute atomic E-state index is 0.0444. The van der Waals surface area contributed by atoms with Gasteiger partial charge in [-0.3, -0.25) is 4.98 Å². The second kappa shape index (κ2) is 7.06. The third kappa shape index (κ3) is 3.56. The fourth-order valence-corrected chi connectivity index (χ4v) is 3.73. The lowest BCUT2D eigenvalue weighted by Crippen LogP contribution is -2.44. The minimum atomic E-state index is -0.0444. The molecule has 0 bridgehead atoms. The summed E-state index contributed by atoms with van der Waals surface area (Å²) in [7, 11) is 0. The summed E-state index contributed by atoms with van der Waals surface area (Å²) in [6.07, 6.45) is 7.20. The molecule has 0 aliphatic carbocycles. The first-order valence-electron chi connectivity index (χ1n) is 8.34. The molecule has 4 rings (SSSR count). The summed E-state index contributed by atoms with van der Waals surface area (Å²) in [6.45, 7) is 1.47. The Bertz CT molecular complexity index is 854. The van der Waals surface area contributed by atoms with Crippen LogP contribution in [0.3, 0.4) is 0 Å². The van der Waals surface area contributed by atoms with Crippen molar-refractivity contribution < 1.29 is 4.79 Å². The second-order valence-corrected chi connectivity index (χ2v) is 6.97. The first-order chi connectivity index (χ1) is 12.3. The number of rotatable bonds is 3. The molecule has 1 fully saturated rings. The van der Waals surface area contributed by atoms with E-state index in [9.17, 15) is 4.79 Å². The van der Waals surface area contributed by atoms with Crippen molar-refractivity contribution in [1.82, 2.24) is 14.9 Å². The predicted molar refractivity (Wildman–Crippen MR) is 101 cm³/mol. The molecule has 25 heavy (non-hydrogen) atoms. The summed E-state index contributed by atoms with van der Waals surface area (Å²) in [5.74, 6) is 0. The van der Waals surface area contributed by atoms with E-state index in [0.29, 0.717) is 6.04 Å². The summed E-state index contributed by atoms with van der Waals surface area (Å²) in [5, 5.41) is 11.4. The number of amides is 2. The van der Waals surface area contributed by atoms with Crippen molar-refractivity contribution in [3.8, 4) is 0 Å². The van der Waals surface area contributed by atoms with Crippen molar-refractivity contribution in [3.63, 3.8) is 0 Å². The molecule has 1 saturated heterocycles. The van der Waals surface area contributed by atoms with Gasteiger partial charge in [0, 0.05) is 53.9 Å². The highest BCUT2D eigenvalue weighted by atomic mass is 32.1. The molecule has 6 nitrogen and oxygen atoms in total. The molecule has 2 amide bonds. The van der Waals surface area contributed by atoms with Gasteiger partial charge in [0.05, 0.1) is 5.69 Å². The average molecular weight is 353 g/mol. The number of urea groups is 1. The van der Waals surface area contributed by atoms with Crippen LogP contribution in [0.1, 0.15) is 12.8 Å². The highest BCUT2D eigenvalue weighted by molar-refractivity contribution is 7.13. The third-order valence-electron chi connectivity index (χ3n) is 4.46. The SMILES string of the molecule is O=C(Nc1cccc2cnccc12)N1CCC(Nc2nccs2)CC1. The zero-order chi connectivity index (χ0) is 17.1. The number of nitrogens with one attached hydrogen (secondary N) is 2. The Morgan fingerprint density at radius 3 is 2.88 bits per heavy atom. The van der Waals surface area contributed by atoms with E-state index in [1.165, 1.54) is 0 Å². The Hall–Kier alpha value is -2.67. The molecule has 1 aliphatic heterocycles. The van der Waals surface area contributed by atoms with Crippen molar-refractivity contribution in [1.29, 1.82) is 0 Å². The summed E-state index contributed by atoms with van der Waals surface area (Å²) < 4.78 is 0. The first kappa shape index (κ1) is 15.8. The van der Waals surface area contributed by atoms with Crippen LogP contribution in [0.2, 0.25) is 0 Å². The summed E-state index contributed by atoms with van der Waals surface area (Å²) in [6, 6.07) is 8.11. The maximum absolute atomic E-state index is 12.6. The maximum atomic E-state index is 12.6. The minimum Gasteiger partial charge on any atom is -0.359 e. The van der Waals surface area contributed by atoms with Gasteiger partial charge in [0.15, 0.2) is 5.13 Å². The number of carbonyl (C=O) groups is 1. The lowest BCUT2D eigenvalue weighted by Gasteiger charge is -2.32. The Labute approximate surface area is 149 Å². The number of aromatic nitrogens is 2. The van der Waals surface area contributed by atoms with Crippen molar-refractivity contribution in [2.45, 2.75) is 18.9 Å². The lowest BCUT2D eigenvalue weighted by atomic mass is 10.1. The maximum Gasteiger partial charge on any atom is 0.321 e. The van der Waals surface area contributed by atoms with Gasteiger partial charge in [-0.15, -0.1) is 11.3 Å². The Balaban J connectivity index is 1.37. The number of benzene rings is 1. The van der Waals surface area contributed by atoms with Crippen LogP contribution in [0.5, 0.6) is 0 Å². The van der Waals surface area contributed by atoms with E-state index in [-0.39, 0.29) is 6.03 Å². The third-order valence-corrected chi connectivity index (χ3v) is 5.17. The molecule has 2 aromatic heterocycles.